The second-order valence-corrected chi connectivity index (χ2v) is 5.97. The van der Waals surface area contributed by atoms with Crippen LogP contribution in [-0.4, -0.2) is 30.1 Å². The number of amides is 1. The van der Waals surface area contributed by atoms with Gasteiger partial charge in [0, 0.05) is 17.1 Å². The third-order valence-electron chi connectivity index (χ3n) is 3.81. The van der Waals surface area contributed by atoms with E-state index in [4.69, 9.17) is 18.2 Å². The number of hydrogen-bond acceptors (Lipinski definition) is 4. The van der Waals surface area contributed by atoms with Gasteiger partial charge in [0.25, 0.3) is 5.91 Å². The molecular formula is C18H15ClN4O2. The Kier molecular flexibility index (Phi) is 4.59. The first-order valence-electron chi connectivity index (χ1n) is 7.61. The number of aromatic hydroxyl groups is 1. The zero-order chi connectivity index (χ0) is 18.0. The first-order valence-corrected chi connectivity index (χ1v) is 7.98. The van der Waals surface area contributed by atoms with Gasteiger partial charge in [-0.05, 0) is 24.6 Å². The third kappa shape index (κ3) is 3.28. The summed E-state index contributed by atoms with van der Waals surface area (Å²) in [5.74, 6) is -0.432. The Morgan fingerprint density at radius 1 is 1.40 bits per heavy atom. The number of nitrogens with one attached hydrogen (secondary N) is 2. The second kappa shape index (κ2) is 6.83. The SMILES string of the molecule is [C-]#[N+]c1ccc(O)c(C(=O)NC2=NCCN2)c1-c1cc(C)ccc1Cl. The Morgan fingerprint density at radius 3 is 2.88 bits per heavy atom. The predicted molar refractivity (Wildman–Crippen MR) is 97.3 cm³/mol. The molecule has 1 heterocycles. The number of aliphatic imine (C=N–C) groups is 1. The minimum absolute atomic E-state index is 0.00241. The molecule has 0 atom stereocenters. The summed E-state index contributed by atoms with van der Waals surface area (Å²) in [6.45, 7) is 10.5. The lowest BCUT2D eigenvalue weighted by molar-refractivity contribution is 0.0974. The Labute approximate surface area is 150 Å². The van der Waals surface area contributed by atoms with Gasteiger partial charge in [-0.15, -0.1) is 0 Å². The highest BCUT2D eigenvalue weighted by molar-refractivity contribution is 6.34. The number of benzene rings is 2. The van der Waals surface area contributed by atoms with Gasteiger partial charge in [-0.25, -0.2) is 4.85 Å². The van der Waals surface area contributed by atoms with E-state index in [-0.39, 0.29) is 17.0 Å². The summed E-state index contributed by atoms with van der Waals surface area (Å²) in [4.78, 5) is 20.3. The number of hydrogen-bond donors (Lipinski definition) is 3. The number of guanidine groups is 1. The van der Waals surface area contributed by atoms with Crippen molar-refractivity contribution in [1.82, 2.24) is 10.6 Å². The highest BCUT2D eigenvalue weighted by Gasteiger charge is 2.24. The quantitative estimate of drug-likeness (QED) is 0.724. The van der Waals surface area contributed by atoms with Crippen molar-refractivity contribution in [1.29, 1.82) is 0 Å². The molecular weight excluding hydrogens is 340 g/mol. The van der Waals surface area contributed by atoms with Crippen LogP contribution in [0.2, 0.25) is 5.02 Å². The van der Waals surface area contributed by atoms with Crippen molar-refractivity contribution in [3.8, 4) is 16.9 Å². The molecule has 2 aromatic rings. The molecule has 126 valence electrons. The second-order valence-electron chi connectivity index (χ2n) is 5.56. The molecule has 0 unspecified atom stereocenters. The average Bonchev–Trinajstić information content (AvgIpc) is 3.09. The van der Waals surface area contributed by atoms with Crippen molar-refractivity contribution in [2.75, 3.05) is 13.1 Å². The molecule has 0 fully saturated rings. The van der Waals surface area contributed by atoms with Crippen molar-refractivity contribution in [3.63, 3.8) is 0 Å². The lowest BCUT2D eigenvalue weighted by atomic mass is 9.95. The summed E-state index contributed by atoms with van der Waals surface area (Å²) in [6, 6.07) is 8.13. The molecule has 6 nitrogen and oxygen atoms in total. The molecule has 0 aliphatic carbocycles. The molecule has 1 aliphatic heterocycles. The molecule has 25 heavy (non-hydrogen) atoms. The Balaban J connectivity index is 2.19. The van der Waals surface area contributed by atoms with Crippen LogP contribution in [-0.2, 0) is 0 Å². The van der Waals surface area contributed by atoms with Crippen molar-refractivity contribution in [2.45, 2.75) is 6.92 Å². The zero-order valence-electron chi connectivity index (χ0n) is 13.4. The van der Waals surface area contributed by atoms with Crippen LogP contribution in [0.4, 0.5) is 5.69 Å². The van der Waals surface area contributed by atoms with E-state index in [1.54, 1.807) is 12.1 Å². The molecule has 2 aromatic carbocycles. The van der Waals surface area contributed by atoms with Gasteiger partial charge in [-0.2, -0.15) is 0 Å². The van der Waals surface area contributed by atoms with Crippen LogP contribution in [0.25, 0.3) is 16.0 Å². The predicted octanol–water partition coefficient (Wildman–Crippen LogP) is 3.26. The molecule has 1 amide bonds. The Bertz CT molecular complexity index is 931. The van der Waals surface area contributed by atoms with Gasteiger partial charge in [-0.3, -0.25) is 15.1 Å². The smallest absolute Gasteiger partial charge is 0.261 e. The highest BCUT2D eigenvalue weighted by atomic mass is 35.5. The minimum Gasteiger partial charge on any atom is -0.507 e. The van der Waals surface area contributed by atoms with E-state index in [1.165, 1.54) is 12.1 Å². The first kappa shape index (κ1) is 16.8. The minimum atomic E-state index is -0.552. The number of phenols is 1. The van der Waals surface area contributed by atoms with Gasteiger partial charge in [0.1, 0.15) is 5.75 Å². The summed E-state index contributed by atoms with van der Waals surface area (Å²) >= 11 is 6.31. The summed E-state index contributed by atoms with van der Waals surface area (Å²) < 4.78 is 0. The van der Waals surface area contributed by atoms with E-state index in [0.29, 0.717) is 35.2 Å². The van der Waals surface area contributed by atoms with Gasteiger partial charge in [-0.1, -0.05) is 35.4 Å². The van der Waals surface area contributed by atoms with E-state index in [2.05, 4.69) is 20.5 Å². The molecule has 0 radical (unpaired) electrons. The molecule has 7 heteroatoms. The van der Waals surface area contributed by atoms with Crippen LogP contribution >= 0.6 is 11.6 Å². The zero-order valence-corrected chi connectivity index (χ0v) is 14.2. The highest BCUT2D eigenvalue weighted by Crippen LogP contribution is 2.41. The van der Waals surface area contributed by atoms with Gasteiger partial charge in [0.2, 0.25) is 0 Å². The monoisotopic (exact) mass is 354 g/mol. The van der Waals surface area contributed by atoms with Crippen LogP contribution < -0.4 is 10.6 Å². The summed E-state index contributed by atoms with van der Waals surface area (Å²) in [6.07, 6.45) is 0. The number of carbonyl (C=O) groups excluding carboxylic acids is 1. The maximum atomic E-state index is 12.7. The molecule has 0 saturated heterocycles. The molecule has 3 N–H and O–H groups in total. The fraction of sp³-hybridized carbons (Fsp3) is 0.167. The average molecular weight is 355 g/mol. The van der Waals surface area contributed by atoms with Crippen LogP contribution in [0.1, 0.15) is 15.9 Å². The fourth-order valence-corrected chi connectivity index (χ4v) is 2.87. The van der Waals surface area contributed by atoms with E-state index in [9.17, 15) is 9.90 Å². The van der Waals surface area contributed by atoms with Gasteiger partial charge in [0.15, 0.2) is 11.6 Å². The lowest BCUT2D eigenvalue weighted by Crippen LogP contribution is -2.38. The third-order valence-corrected chi connectivity index (χ3v) is 4.14. The van der Waals surface area contributed by atoms with Gasteiger partial charge < -0.3 is 10.4 Å². The molecule has 0 spiro atoms. The van der Waals surface area contributed by atoms with Crippen LogP contribution in [0, 0.1) is 13.5 Å². The van der Waals surface area contributed by atoms with Gasteiger partial charge in [0.05, 0.1) is 18.7 Å². The molecule has 3 rings (SSSR count). The molecule has 0 aromatic heterocycles. The van der Waals surface area contributed by atoms with E-state index < -0.39 is 5.91 Å². The number of nitrogens with zero attached hydrogens (tertiary/aromatic N) is 2. The first-order chi connectivity index (χ1) is 12.0. The number of halogens is 1. The number of aryl methyl sites for hydroxylation is 1. The summed E-state index contributed by atoms with van der Waals surface area (Å²) in [5, 5.41) is 16.3. The summed E-state index contributed by atoms with van der Waals surface area (Å²) in [5.41, 5.74) is 1.98. The Hall–Kier alpha value is -3.04. The maximum absolute atomic E-state index is 12.7. The normalized spacial score (nSPS) is 12.9. The standard InChI is InChI=1S/C18H15ClN4O2/c1-10-3-4-12(19)11(9-10)15-13(20-2)5-6-14(24)16(15)17(25)23-18-21-7-8-22-18/h3-6,9,24H,7-8H2,1H3,(H2,21,22,23,25). The van der Waals surface area contributed by atoms with E-state index in [0.717, 1.165) is 5.56 Å². The lowest BCUT2D eigenvalue weighted by Gasteiger charge is -2.15. The van der Waals surface area contributed by atoms with E-state index >= 15 is 0 Å². The van der Waals surface area contributed by atoms with Crippen LogP contribution in [0.3, 0.4) is 0 Å². The van der Waals surface area contributed by atoms with Crippen molar-refractivity contribution >= 4 is 29.2 Å². The van der Waals surface area contributed by atoms with E-state index in [1.807, 2.05) is 13.0 Å². The van der Waals surface area contributed by atoms with Crippen molar-refractivity contribution < 1.29 is 9.90 Å². The van der Waals surface area contributed by atoms with Crippen molar-refractivity contribution in [3.05, 3.63) is 57.9 Å². The molecule has 0 bridgehead atoms. The number of rotatable bonds is 2. The largest absolute Gasteiger partial charge is 0.507 e. The maximum Gasteiger partial charge on any atom is 0.261 e. The fourth-order valence-electron chi connectivity index (χ4n) is 2.66. The van der Waals surface area contributed by atoms with Crippen LogP contribution in [0.15, 0.2) is 35.3 Å². The number of phenolic OH excluding ortho intramolecular Hbond substituents is 1. The van der Waals surface area contributed by atoms with Crippen LogP contribution in [0.5, 0.6) is 5.75 Å². The number of carbonyl (C=O) groups is 1. The van der Waals surface area contributed by atoms with Crippen molar-refractivity contribution in [2.24, 2.45) is 4.99 Å². The Morgan fingerprint density at radius 2 is 2.20 bits per heavy atom. The topological polar surface area (TPSA) is 78.1 Å². The summed E-state index contributed by atoms with van der Waals surface area (Å²) in [7, 11) is 0. The molecule has 1 aliphatic rings. The van der Waals surface area contributed by atoms with Gasteiger partial charge >= 0.3 is 0 Å². The molecule has 0 saturated carbocycles.